The van der Waals surface area contributed by atoms with E-state index in [-0.39, 0.29) is 12.0 Å². The Morgan fingerprint density at radius 2 is 2.47 bits per heavy atom. The largest absolute Gasteiger partial charge is 0.481 e. The number of carboxylic acid groups (broad SMARTS) is 1. The number of nitrogens with two attached hydrogens (primary N) is 1. The maximum Gasteiger partial charge on any atom is 0.308 e. The first kappa shape index (κ1) is 10.2. The summed E-state index contributed by atoms with van der Waals surface area (Å²) in [6.07, 6.45) is 4.25. The lowest BCUT2D eigenvalue weighted by molar-refractivity contribution is -0.142. The molecule has 82 valence electrons. The maximum absolute atomic E-state index is 11.0. The zero-order valence-corrected chi connectivity index (χ0v) is 8.47. The number of hydrogen-bond acceptors (Lipinski definition) is 3. The van der Waals surface area contributed by atoms with Crippen molar-refractivity contribution in [3.63, 3.8) is 0 Å². The summed E-state index contributed by atoms with van der Waals surface area (Å²) < 4.78 is 1.78. The van der Waals surface area contributed by atoms with E-state index in [4.69, 9.17) is 10.8 Å². The molecular formula is C10H15N3O2. The lowest BCUT2D eigenvalue weighted by atomic mass is 10.0. The molecule has 3 N–H and O–H groups in total. The molecule has 2 rings (SSSR count). The Balaban J connectivity index is 2.26. The Morgan fingerprint density at radius 1 is 1.67 bits per heavy atom. The second kappa shape index (κ2) is 4.02. The molecule has 0 radical (unpaired) electrons. The van der Waals surface area contributed by atoms with Gasteiger partial charge in [0.05, 0.1) is 17.7 Å². The van der Waals surface area contributed by atoms with Gasteiger partial charge in [0.25, 0.3) is 0 Å². The van der Waals surface area contributed by atoms with Crippen molar-refractivity contribution in [2.45, 2.75) is 31.8 Å². The second-order valence-corrected chi connectivity index (χ2v) is 3.91. The molecule has 0 bridgehead atoms. The summed E-state index contributed by atoms with van der Waals surface area (Å²) in [5.41, 5.74) is 6.49. The van der Waals surface area contributed by atoms with E-state index in [9.17, 15) is 4.79 Å². The van der Waals surface area contributed by atoms with Crippen molar-refractivity contribution in [1.82, 2.24) is 9.78 Å². The third kappa shape index (κ3) is 1.74. The minimum absolute atomic E-state index is 0.0175. The maximum atomic E-state index is 11.0. The van der Waals surface area contributed by atoms with Crippen molar-refractivity contribution in [3.05, 3.63) is 18.0 Å². The molecule has 0 saturated heterocycles. The fraction of sp³-hybridized carbons (Fsp3) is 0.600. The smallest absolute Gasteiger partial charge is 0.308 e. The highest BCUT2D eigenvalue weighted by Crippen LogP contribution is 2.36. The highest BCUT2D eigenvalue weighted by Gasteiger charge is 2.35. The van der Waals surface area contributed by atoms with Crippen molar-refractivity contribution in [2.24, 2.45) is 11.7 Å². The Labute approximate surface area is 87.9 Å². The van der Waals surface area contributed by atoms with Crippen LogP contribution >= 0.6 is 0 Å². The SMILES string of the molecule is NCc1ccnn1C1CCCC1C(=O)O. The lowest BCUT2D eigenvalue weighted by Crippen LogP contribution is -2.24. The summed E-state index contributed by atoms with van der Waals surface area (Å²) in [4.78, 5) is 11.0. The summed E-state index contributed by atoms with van der Waals surface area (Å²) in [6, 6.07) is 1.83. The van der Waals surface area contributed by atoms with E-state index in [2.05, 4.69) is 5.10 Å². The Kier molecular flexibility index (Phi) is 2.73. The first-order valence-electron chi connectivity index (χ1n) is 5.19. The minimum Gasteiger partial charge on any atom is -0.481 e. The van der Waals surface area contributed by atoms with Crippen LogP contribution in [0, 0.1) is 5.92 Å². The van der Waals surface area contributed by atoms with Gasteiger partial charge in [-0.15, -0.1) is 0 Å². The van der Waals surface area contributed by atoms with Crippen molar-refractivity contribution in [2.75, 3.05) is 0 Å². The molecule has 1 saturated carbocycles. The number of carbonyl (C=O) groups is 1. The summed E-state index contributed by atoms with van der Waals surface area (Å²) in [5, 5.41) is 13.2. The summed E-state index contributed by atoms with van der Waals surface area (Å²) in [7, 11) is 0. The van der Waals surface area contributed by atoms with E-state index in [1.165, 1.54) is 0 Å². The first-order valence-corrected chi connectivity index (χ1v) is 5.19. The van der Waals surface area contributed by atoms with Crippen molar-refractivity contribution < 1.29 is 9.90 Å². The molecule has 15 heavy (non-hydrogen) atoms. The van der Waals surface area contributed by atoms with Gasteiger partial charge in [0.2, 0.25) is 0 Å². The standard InChI is InChI=1S/C10H15N3O2/c11-6-7-4-5-12-13(7)9-3-1-2-8(9)10(14)15/h4-5,8-9H,1-3,6,11H2,(H,14,15). The molecule has 1 aliphatic rings. The molecule has 0 amide bonds. The average molecular weight is 209 g/mol. The van der Waals surface area contributed by atoms with Gasteiger partial charge in [-0.1, -0.05) is 6.42 Å². The lowest BCUT2D eigenvalue weighted by Gasteiger charge is -2.18. The highest BCUT2D eigenvalue weighted by molar-refractivity contribution is 5.71. The van der Waals surface area contributed by atoms with E-state index >= 15 is 0 Å². The number of nitrogens with zero attached hydrogens (tertiary/aromatic N) is 2. The van der Waals surface area contributed by atoms with Crippen LogP contribution < -0.4 is 5.73 Å². The molecule has 2 unspecified atom stereocenters. The van der Waals surface area contributed by atoms with E-state index in [1.807, 2.05) is 6.07 Å². The Morgan fingerprint density at radius 3 is 3.13 bits per heavy atom. The first-order chi connectivity index (χ1) is 7.24. The molecule has 0 aliphatic heterocycles. The molecule has 1 fully saturated rings. The predicted molar refractivity (Wildman–Crippen MR) is 54.1 cm³/mol. The van der Waals surface area contributed by atoms with Crippen molar-refractivity contribution in [1.29, 1.82) is 0 Å². The van der Waals surface area contributed by atoms with Gasteiger partial charge in [-0.2, -0.15) is 5.10 Å². The molecule has 2 atom stereocenters. The van der Waals surface area contributed by atoms with Crippen LogP contribution in [0.2, 0.25) is 0 Å². The number of aliphatic carboxylic acids is 1. The van der Waals surface area contributed by atoms with Gasteiger partial charge in [0, 0.05) is 12.7 Å². The van der Waals surface area contributed by atoms with Crippen LogP contribution in [0.15, 0.2) is 12.3 Å². The van der Waals surface area contributed by atoms with Crippen LogP contribution in [-0.2, 0) is 11.3 Å². The van der Waals surface area contributed by atoms with Gasteiger partial charge in [0.15, 0.2) is 0 Å². The van der Waals surface area contributed by atoms with Crippen LogP contribution in [0.3, 0.4) is 0 Å². The fourth-order valence-electron chi connectivity index (χ4n) is 2.32. The molecule has 1 aliphatic carbocycles. The van der Waals surface area contributed by atoms with E-state index in [0.717, 1.165) is 25.0 Å². The van der Waals surface area contributed by atoms with Crippen molar-refractivity contribution >= 4 is 5.97 Å². The van der Waals surface area contributed by atoms with Crippen LogP contribution in [0.4, 0.5) is 0 Å². The third-order valence-corrected chi connectivity index (χ3v) is 3.07. The zero-order chi connectivity index (χ0) is 10.8. The zero-order valence-electron chi connectivity index (χ0n) is 8.47. The molecule has 1 aromatic rings. The van der Waals surface area contributed by atoms with E-state index < -0.39 is 5.97 Å². The second-order valence-electron chi connectivity index (χ2n) is 3.91. The van der Waals surface area contributed by atoms with Gasteiger partial charge >= 0.3 is 5.97 Å². The summed E-state index contributed by atoms with van der Waals surface area (Å²) in [6.45, 7) is 0.406. The van der Waals surface area contributed by atoms with Gasteiger partial charge in [-0.3, -0.25) is 9.48 Å². The molecule has 1 aromatic heterocycles. The highest BCUT2D eigenvalue weighted by atomic mass is 16.4. The van der Waals surface area contributed by atoms with Gasteiger partial charge in [-0.05, 0) is 18.9 Å². The monoisotopic (exact) mass is 209 g/mol. The molecule has 5 heteroatoms. The normalized spacial score (nSPS) is 25.7. The van der Waals surface area contributed by atoms with Crippen LogP contribution in [0.5, 0.6) is 0 Å². The quantitative estimate of drug-likeness (QED) is 0.770. The van der Waals surface area contributed by atoms with E-state index in [0.29, 0.717) is 6.54 Å². The van der Waals surface area contributed by atoms with Gasteiger partial charge < -0.3 is 10.8 Å². The molecule has 5 nitrogen and oxygen atoms in total. The van der Waals surface area contributed by atoms with Crippen LogP contribution in [0.25, 0.3) is 0 Å². The number of rotatable bonds is 3. The molecular weight excluding hydrogens is 194 g/mol. The fourth-order valence-corrected chi connectivity index (χ4v) is 2.32. The van der Waals surface area contributed by atoms with Gasteiger partial charge in [-0.25, -0.2) is 0 Å². The number of aromatic nitrogens is 2. The summed E-state index contributed by atoms with van der Waals surface area (Å²) in [5.74, 6) is -1.04. The molecule has 0 spiro atoms. The van der Waals surface area contributed by atoms with Crippen LogP contribution in [0.1, 0.15) is 31.0 Å². The van der Waals surface area contributed by atoms with Gasteiger partial charge in [0.1, 0.15) is 0 Å². The number of carboxylic acids is 1. The van der Waals surface area contributed by atoms with Crippen LogP contribution in [-0.4, -0.2) is 20.9 Å². The number of hydrogen-bond donors (Lipinski definition) is 2. The summed E-state index contributed by atoms with van der Waals surface area (Å²) >= 11 is 0. The topological polar surface area (TPSA) is 81.1 Å². The molecule has 1 heterocycles. The Bertz CT molecular complexity index is 361. The predicted octanol–water partition coefficient (Wildman–Crippen LogP) is 0.768. The molecule has 0 aromatic carbocycles. The average Bonchev–Trinajstić information content (AvgIpc) is 2.85. The minimum atomic E-state index is -0.726. The Hall–Kier alpha value is -1.36. The third-order valence-electron chi connectivity index (χ3n) is 3.07. The van der Waals surface area contributed by atoms with E-state index in [1.54, 1.807) is 10.9 Å². The van der Waals surface area contributed by atoms with Crippen molar-refractivity contribution in [3.8, 4) is 0 Å².